The second-order valence-electron chi connectivity index (χ2n) is 7.40. The zero-order valence-corrected chi connectivity index (χ0v) is 16.7. The molecule has 28 heavy (non-hydrogen) atoms. The molecule has 0 saturated carbocycles. The van der Waals surface area contributed by atoms with Crippen molar-refractivity contribution in [3.05, 3.63) is 77.0 Å². The Hall–Kier alpha value is -2.54. The topological polar surface area (TPSA) is 36.7 Å². The molecule has 6 heteroatoms. The van der Waals surface area contributed by atoms with Gasteiger partial charge in [0, 0.05) is 50.3 Å². The summed E-state index contributed by atoms with van der Waals surface area (Å²) in [5.41, 5.74) is 5.84. The van der Waals surface area contributed by atoms with E-state index < -0.39 is 0 Å². The van der Waals surface area contributed by atoms with Crippen LogP contribution in [0.5, 0.6) is 0 Å². The highest BCUT2D eigenvalue weighted by Crippen LogP contribution is 2.27. The van der Waals surface area contributed by atoms with E-state index in [0.717, 1.165) is 48.8 Å². The summed E-state index contributed by atoms with van der Waals surface area (Å²) in [7, 11) is 2.21. The van der Waals surface area contributed by atoms with Crippen LogP contribution in [0.4, 0.5) is 0 Å². The summed E-state index contributed by atoms with van der Waals surface area (Å²) in [5, 5.41) is 4.41. The van der Waals surface area contributed by atoms with Crippen molar-refractivity contribution in [2.45, 2.75) is 12.6 Å². The third kappa shape index (κ3) is 3.35. The molecule has 0 unspecified atom stereocenters. The van der Waals surface area contributed by atoms with E-state index in [-0.39, 0.29) is 0 Å². The molecule has 0 amide bonds. The quantitative estimate of drug-likeness (QED) is 0.530. The summed E-state index contributed by atoms with van der Waals surface area (Å²) in [4.78, 5) is 14.1. The Morgan fingerprint density at radius 2 is 2.00 bits per heavy atom. The normalized spacial score (nSPS) is 18.7. The van der Waals surface area contributed by atoms with Gasteiger partial charge in [0.05, 0.1) is 17.4 Å². The molecule has 5 heterocycles. The van der Waals surface area contributed by atoms with Crippen molar-refractivity contribution < 1.29 is 0 Å². The summed E-state index contributed by atoms with van der Waals surface area (Å²) in [5.74, 6) is 0. The predicted molar refractivity (Wildman–Crippen MR) is 113 cm³/mol. The van der Waals surface area contributed by atoms with E-state index in [2.05, 4.69) is 67.5 Å². The molecule has 142 valence electrons. The monoisotopic (exact) mass is 389 g/mol. The fourth-order valence-electron chi connectivity index (χ4n) is 3.98. The van der Waals surface area contributed by atoms with Gasteiger partial charge in [0.15, 0.2) is 0 Å². The second kappa shape index (κ2) is 7.47. The van der Waals surface area contributed by atoms with E-state index >= 15 is 0 Å². The number of aromatic nitrogens is 3. The minimum atomic E-state index is 0.303. The van der Waals surface area contributed by atoms with Crippen LogP contribution in [0.2, 0.25) is 0 Å². The molecule has 0 bridgehead atoms. The molecule has 0 N–H and O–H groups in total. The lowest BCUT2D eigenvalue weighted by Crippen LogP contribution is -2.46. The Morgan fingerprint density at radius 1 is 1.11 bits per heavy atom. The molecule has 1 aliphatic heterocycles. The molecule has 1 atom stereocenters. The van der Waals surface area contributed by atoms with Crippen LogP contribution in [-0.2, 0) is 6.54 Å². The maximum atomic E-state index is 4.99. The molecule has 5 nitrogen and oxygen atoms in total. The summed E-state index contributed by atoms with van der Waals surface area (Å²) >= 11 is 1.77. The Kier molecular flexibility index (Phi) is 4.68. The van der Waals surface area contributed by atoms with Gasteiger partial charge in [0.25, 0.3) is 0 Å². The first-order valence-electron chi connectivity index (χ1n) is 9.60. The number of fused-ring (bicyclic) bond motifs is 1. The average molecular weight is 390 g/mol. The largest absolute Gasteiger partial charge is 0.299 e. The van der Waals surface area contributed by atoms with Crippen LogP contribution in [0.1, 0.15) is 17.3 Å². The number of hydrogen-bond donors (Lipinski definition) is 0. The lowest BCUT2D eigenvalue weighted by atomic mass is 10.1. The number of likely N-dealkylation sites (N-methyl/N-ethyl adjacent to an activating group) is 1. The van der Waals surface area contributed by atoms with Crippen LogP contribution in [0.15, 0.2) is 65.7 Å². The summed E-state index contributed by atoms with van der Waals surface area (Å²) in [6.07, 6.45) is 5.88. The van der Waals surface area contributed by atoms with Gasteiger partial charge in [-0.25, -0.2) is 4.98 Å². The highest BCUT2D eigenvalue weighted by Gasteiger charge is 2.28. The molecule has 0 radical (unpaired) electrons. The van der Waals surface area contributed by atoms with Crippen molar-refractivity contribution in [2.75, 3.05) is 26.7 Å². The van der Waals surface area contributed by atoms with Crippen molar-refractivity contribution in [1.82, 2.24) is 24.2 Å². The molecule has 1 saturated heterocycles. The Bertz CT molecular complexity index is 1060. The Balaban J connectivity index is 1.46. The summed E-state index contributed by atoms with van der Waals surface area (Å²) in [6.45, 7) is 4.17. The number of pyridine rings is 2. The van der Waals surface area contributed by atoms with Crippen LogP contribution in [0.3, 0.4) is 0 Å². The molecule has 0 spiro atoms. The van der Waals surface area contributed by atoms with Crippen LogP contribution < -0.4 is 0 Å². The Labute approximate surface area is 168 Å². The molecular formula is C22H23N5S. The maximum Gasteiger partial charge on any atom is 0.137 e. The van der Waals surface area contributed by atoms with Gasteiger partial charge < -0.3 is 0 Å². The van der Waals surface area contributed by atoms with E-state index in [1.165, 1.54) is 5.56 Å². The van der Waals surface area contributed by atoms with Crippen LogP contribution in [0.25, 0.3) is 16.9 Å². The third-order valence-electron chi connectivity index (χ3n) is 5.55. The van der Waals surface area contributed by atoms with E-state index in [1.54, 1.807) is 11.3 Å². The van der Waals surface area contributed by atoms with Crippen molar-refractivity contribution >= 4 is 17.0 Å². The molecule has 0 aliphatic carbocycles. The number of imidazole rings is 1. The number of thiophene rings is 1. The van der Waals surface area contributed by atoms with Crippen LogP contribution in [0, 0.1) is 0 Å². The average Bonchev–Trinajstić information content (AvgIpc) is 3.39. The first kappa shape index (κ1) is 17.6. The maximum absolute atomic E-state index is 4.99. The Morgan fingerprint density at radius 3 is 2.82 bits per heavy atom. The molecule has 5 rings (SSSR count). The zero-order chi connectivity index (χ0) is 18.9. The van der Waals surface area contributed by atoms with Crippen molar-refractivity contribution in [3.63, 3.8) is 0 Å². The number of rotatable bonds is 4. The third-order valence-corrected chi connectivity index (χ3v) is 6.28. The SMILES string of the molecule is CN1CCN(Cc2ccsc2)C[C@H]1c1cn2c(-c3ccncc3)cccc2n1. The highest BCUT2D eigenvalue weighted by atomic mass is 32.1. The minimum Gasteiger partial charge on any atom is -0.299 e. The summed E-state index contributed by atoms with van der Waals surface area (Å²) in [6, 6.07) is 12.9. The summed E-state index contributed by atoms with van der Waals surface area (Å²) < 4.78 is 2.20. The van der Waals surface area contributed by atoms with Gasteiger partial charge >= 0.3 is 0 Å². The van der Waals surface area contributed by atoms with Gasteiger partial charge in [-0.2, -0.15) is 11.3 Å². The molecule has 4 aromatic rings. The van der Waals surface area contributed by atoms with Gasteiger partial charge in [-0.05, 0) is 53.7 Å². The van der Waals surface area contributed by atoms with E-state index in [4.69, 9.17) is 4.98 Å². The first-order chi connectivity index (χ1) is 13.8. The van der Waals surface area contributed by atoms with Gasteiger partial charge in [-0.1, -0.05) is 6.07 Å². The number of piperazine rings is 1. The molecular weight excluding hydrogens is 366 g/mol. The molecule has 4 aromatic heterocycles. The van der Waals surface area contributed by atoms with Gasteiger partial charge in [0.2, 0.25) is 0 Å². The molecule has 1 aliphatic rings. The standard InChI is InChI=1S/C22H23N5S/c1-25-10-11-26(13-17-7-12-28-16-17)15-21(25)19-14-27-20(3-2-4-22(27)24-19)18-5-8-23-9-6-18/h2-9,12,14,16,21H,10-11,13,15H2,1H3/t21-/m0/s1. The van der Waals surface area contributed by atoms with Gasteiger partial charge in [0.1, 0.15) is 5.65 Å². The van der Waals surface area contributed by atoms with Crippen molar-refractivity contribution in [3.8, 4) is 11.3 Å². The van der Waals surface area contributed by atoms with Gasteiger partial charge in [-0.15, -0.1) is 0 Å². The van der Waals surface area contributed by atoms with E-state index in [0.29, 0.717) is 6.04 Å². The first-order valence-corrected chi connectivity index (χ1v) is 10.5. The van der Waals surface area contributed by atoms with Crippen LogP contribution in [-0.4, -0.2) is 50.9 Å². The number of nitrogens with zero attached hydrogens (tertiary/aromatic N) is 5. The van der Waals surface area contributed by atoms with Crippen LogP contribution >= 0.6 is 11.3 Å². The lowest BCUT2D eigenvalue weighted by Gasteiger charge is -2.38. The lowest BCUT2D eigenvalue weighted by molar-refractivity contribution is 0.0886. The molecule has 0 aromatic carbocycles. The second-order valence-corrected chi connectivity index (χ2v) is 8.18. The fourth-order valence-corrected chi connectivity index (χ4v) is 4.64. The molecule has 1 fully saturated rings. The number of hydrogen-bond acceptors (Lipinski definition) is 5. The highest BCUT2D eigenvalue weighted by molar-refractivity contribution is 7.07. The fraction of sp³-hybridized carbons (Fsp3) is 0.273. The van der Waals surface area contributed by atoms with Crippen molar-refractivity contribution in [2.24, 2.45) is 0 Å². The van der Waals surface area contributed by atoms with Crippen molar-refractivity contribution in [1.29, 1.82) is 0 Å². The smallest absolute Gasteiger partial charge is 0.137 e. The van der Waals surface area contributed by atoms with Gasteiger partial charge in [-0.3, -0.25) is 19.2 Å². The van der Waals surface area contributed by atoms with E-state index in [1.807, 2.05) is 24.5 Å². The zero-order valence-electron chi connectivity index (χ0n) is 15.9. The van der Waals surface area contributed by atoms with E-state index in [9.17, 15) is 0 Å². The predicted octanol–water partition coefficient (Wildman–Crippen LogP) is 3.95. The minimum absolute atomic E-state index is 0.303.